The lowest BCUT2D eigenvalue weighted by molar-refractivity contribution is 0.294. The minimum absolute atomic E-state index is 0.0727. The zero-order chi connectivity index (χ0) is 9.84. The standard InChI is InChI=1S/C10H13FO2/c1-7-3-4-9(11)8(5-6-12)10(7)13-2/h3-4,12H,5-6H2,1-2H3. The molecule has 0 saturated heterocycles. The summed E-state index contributed by atoms with van der Waals surface area (Å²) in [5.41, 5.74) is 1.33. The van der Waals surface area contributed by atoms with Crippen molar-refractivity contribution >= 4 is 0 Å². The van der Waals surface area contributed by atoms with Gasteiger partial charge in [0.15, 0.2) is 0 Å². The number of hydrogen-bond donors (Lipinski definition) is 1. The van der Waals surface area contributed by atoms with Gasteiger partial charge in [0, 0.05) is 18.6 Å². The van der Waals surface area contributed by atoms with Crippen LogP contribution < -0.4 is 4.74 Å². The number of halogens is 1. The molecular weight excluding hydrogens is 171 g/mol. The van der Waals surface area contributed by atoms with Crippen molar-refractivity contribution < 1.29 is 14.2 Å². The Bertz CT molecular complexity index is 297. The maximum absolute atomic E-state index is 13.2. The predicted octanol–water partition coefficient (Wildman–Crippen LogP) is 1.68. The van der Waals surface area contributed by atoms with Crippen molar-refractivity contribution in [2.75, 3.05) is 13.7 Å². The first-order chi connectivity index (χ1) is 6.20. The van der Waals surface area contributed by atoms with Crippen molar-refractivity contribution in [1.82, 2.24) is 0 Å². The van der Waals surface area contributed by atoms with Gasteiger partial charge >= 0.3 is 0 Å². The van der Waals surface area contributed by atoms with Gasteiger partial charge in [-0.3, -0.25) is 0 Å². The smallest absolute Gasteiger partial charge is 0.130 e. The third kappa shape index (κ3) is 1.98. The summed E-state index contributed by atoms with van der Waals surface area (Å²) in [6.07, 6.45) is 0.288. The van der Waals surface area contributed by atoms with E-state index in [4.69, 9.17) is 9.84 Å². The second-order valence-electron chi connectivity index (χ2n) is 2.85. The molecule has 0 aliphatic heterocycles. The highest BCUT2D eigenvalue weighted by Gasteiger charge is 2.10. The Labute approximate surface area is 77.0 Å². The SMILES string of the molecule is COc1c(C)ccc(F)c1CCO. The van der Waals surface area contributed by atoms with Crippen molar-refractivity contribution in [3.63, 3.8) is 0 Å². The van der Waals surface area contributed by atoms with Gasteiger partial charge in [-0.05, 0) is 18.6 Å². The molecule has 0 radical (unpaired) electrons. The highest BCUT2D eigenvalue weighted by Crippen LogP contribution is 2.25. The topological polar surface area (TPSA) is 29.5 Å². The number of aryl methyl sites for hydroxylation is 1. The first kappa shape index (κ1) is 9.99. The van der Waals surface area contributed by atoms with E-state index in [0.717, 1.165) is 5.56 Å². The third-order valence-corrected chi connectivity index (χ3v) is 1.97. The largest absolute Gasteiger partial charge is 0.496 e. The molecule has 0 spiro atoms. The average molecular weight is 184 g/mol. The van der Waals surface area contributed by atoms with Gasteiger partial charge in [-0.1, -0.05) is 6.07 Å². The van der Waals surface area contributed by atoms with Crippen LogP contribution in [0.5, 0.6) is 5.75 Å². The Morgan fingerprint density at radius 1 is 1.46 bits per heavy atom. The number of ether oxygens (including phenoxy) is 1. The van der Waals surface area contributed by atoms with Crippen LogP contribution in [0.1, 0.15) is 11.1 Å². The molecule has 0 amide bonds. The molecule has 0 saturated carbocycles. The van der Waals surface area contributed by atoms with E-state index in [9.17, 15) is 4.39 Å². The van der Waals surface area contributed by atoms with Crippen molar-refractivity contribution in [3.05, 3.63) is 29.1 Å². The molecule has 0 bridgehead atoms. The second-order valence-corrected chi connectivity index (χ2v) is 2.85. The minimum atomic E-state index is -0.323. The van der Waals surface area contributed by atoms with Crippen molar-refractivity contribution in [2.45, 2.75) is 13.3 Å². The maximum atomic E-state index is 13.2. The van der Waals surface area contributed by atoms with Crippen LogP contribution in [0, 0.1) is 12.7 Å². The van der Waals surface area contributed by atoms with E-state index in [1.807, 2.05) is 6.92 Å². The number of rotatable bonds is 3. The van der Waals surface area contributed by atoms with Crippen LogP contribution in [0.2, 0.25) is 0 Å². The molecular formula is C10H13FO2. The Morgan fingerprint density at radius 3 is 2.69 bits per heavy atom. The van der Waals surface area contributed by atoms with Crippen LogP contribution in [0.15, 0.2) is 12.1 Å². The molecule has 0 fully saturated rings. The van der Waals surface area contributed by atoms with Gasteiger partial charge in [0.2, 0.25) is 0 Å². The van der Waals surface area contributed by atoms with Crippen LogP contribution >= 0.6 is 0 Å². The Balaban J connectivity index is 3.18. The van der Waals surface area contributed by atoms with E-state index in [2.05, 4.69) is 0 Å². The van der Waals surface area contributed by atoms with Crippen molar-refractivity contribution in [1.29, 1.82) is 0 Å². The fourth-order valence-electron chi connectivity index (χ4n) is 1.35. The van der Waals surface area contributed by atoms with Gasteiger partial charge in [-0.25, -0.2) is 4.39 Å². The van der Waals surface area contributed by atoms with E-state index >= 15 is 0 Å². The van der Waals surface area contributed by atoms with Crippen molar-refractivity contribution in [2.24, 2.45) is 0 Å². The average Bonchev–Trinajstić information content (AvgIpc) is 2.12. The van der Waals surface area contributed by atoms with E-state index in [-0.39, 0.29) is 18.8 Å². The van der Waals surface area contributed by atoms with Gasteiger partial charge in [0.1, 0.15) is 11.6 Å². The first-order valence-corrected chi connectivity index (χ1v) is 4.13. The van der Waals surface area contributed by atoms with Crippen LogP contribution in [0.4, 0.5) is 4.39 Å². The van der Waals surface area contributed by atoms with Crippen LogP contribution in [-0.4, -0.2) is 18.8 Å². The summed E-state index contributed by atoms with van der Waals surface area (Å²) in [5.74, 6) is 0.213. The molecule has 1 rings (SSSR count). The minimum Gasteiger partial charge on any atom is -0.496 e. The second kappa shape index (κ2) is 4.23. The summed E-state index contributed by atoms with van der Waals surface area (Å²) in [6.45, 7) is 1.77. The molecule has 1 aromatic rings. The molecule has 0 heterocycles. The molecule has 0 aliphatic carbocycles. The zero-order valence-electron chi connectivity index (χ0n) is 7.80. The van der Waals surface area contributed by atoms with Crippen LogP contribution in [-0.2, 0) is 6.42 Å². The molecule has 2 nitrogen and oxygen atoms in total. The summed E-state index contributed by atoms with van der Waals surface area (Å²) in [4.78, 5) is 0. The number of hydrogen-bond acceptors (Lipinski definition) is 2. The van der Waals surface area contributed by atoms with Crippen LogP contribution in [0.3, 0.4) is 0 Å². The van der Waals surface area contributed by atoms with Gasteiger partial charge < -0.3 is 9.84 Å². The Hall–Kier alpha value is -1.09. The number of aliphatic hydroxyl groups is 1. The Morgan fingerprint density at radius 2 is 2.15 bits per heavy atom. The molecule has 0 aliphatic rings. The normalized spacial score (nSPS) is 10.2. The summed E-state index contributed by atoms with van der Waals surface area (Å²) in [5, 5.41) is 8.73. The number of aliphatic hydroxyl groups excluding tert-OH is 1. The third-order valence-electron chi connectivity index (χ3n) is 1.97. The molecule has 0 aromatic heterocycles. The number of methoxy groups -OCH3 is 1. The molecule has 1 aromatic carbocycles. The van der Waals surface area contributed by atoms with Gasteiger partial charge in [-0.15, -0.1) is 0 Å². The Kier molecular flexibility index (Phi) is 3.25. The summed E-state index contributed by atoms with van der Waals surface area (Å²) in [6, 6.07) is 3.05. The molecule has 0 unspecified atom stereocenters. The predicted molar refractivity (Wildman–Crippen MR) is 48.5 cm³/mol. The fourth-order valence-corrected chi connectivity index (χ4v) is 1.35. The zero-order valence-corrected chi connectivity index (χ0v) is 7.80. The molecule has 0 atom stereocenters. The van der Waals surface area contributed by atoms with E-state index in [0.29, 0.717) is 11.3 Å². The summed E-state index contributed by atoms with van der Waals surface area (Å²) in [7, 11) is 1.50. The van der Waals surface area contributed by atoms with E-state index in [1.165, 1.54) is 13.2 Å². The van der Waals surface area contributed by atoms with Gasteiger partial charge in [0.05, 0.1) is 7.11 Å². The fraction of sp³-hybridized carbons (Fsp3) is 0.400. The van der Waals surface area contributed by atoms with E-state index in [1.54, 1.807) is 6.07 Å². The first-order valence-electron chi connectivity index (χ1n) is 4.13. The summed E-state index contributed by atoms with van der Waals surface area (Å²) < 4.78 is 18.3. The molecule has 3 heteroatoms. The molecule has 1 N–H and O–H groups in total. The van der Waals surface area contributed by atoms with Gasteiger partial charge in [-0.2, -0.15) is 0 Å². The number of benzene rings is 1. The highest BCUT2D eigenvalue weighted by molar-refractivity contribution is 5.41. The highest BCUT2D eigenvalue weighted by atomic mass is 19.1. The molecule has 72 valence electrons. The quantitative estimate of drug-likeness (QED) is 0.774. The lowest BCUT2D eigenvalue weighted by Crippen LogP contribution is -2.01. The summed E-state index contributed by atoms with van der Waals surface area (Å²) >= 11 is 0. The van der Waals surface area contributed by atoms with Crippen molar-refractivity contribution in [3.8, 4) is 5.75 Å². The van der Waals surface area contributed by atoms with Gasteiger partial charge in [0.25, 0.3) is 0 Å². The molecule has 13 heavy (non-hydrogen) atoms. The van der Waals surface area contributed by atoms with E-state index < -0.39 is 0 Å². The van der Waals surface area contributed by atoms with Crippen LogP contribution in [0.25, 0.3) is 0 Å². The maximum Gasteiger partial charge on any atom is 0.130 e. The monoisotopic (exact) mass is 184 g/mol. The lowest BCUT2D eigenvalue weighted by atomic mass is 10.1. The lowest BCUT2D eigenvalue weighted by Gasteiger charge is -2.10.